The number of sulfone groups is 1. The number of ether oxygens (including phenoxy) is 1. The molecule has 0 spiro atoms. The minimum atomic E-state index is -3.11. The standard InChI is InChI=1S/C33H46FN3O7S/c1-22-5-7-28(38)21-29(39)32(40)31(23(2)6-8-30(22)44-33(41)37-11-9-35(4)10-12-37)24(3)17-25-18-26(34)20-27(19-25)36-13-15-45(42,43)16-14-36/h6,8,17-20,22-23,28,30-31,38H,5,7,9-16,21H2,1-4H3/b8-6+,24-17+/t22-,23-,28+,30-,31-/m0/s1. The molecule has 12 heteroatoms. The van der Waals surface area contributed by atoms with Gasteiger partial charge in [-0.05, 0) is 68.5 Å². The zero-order valence-electron chi connectivity index (χ0n) is 26.7. The Morgan fingerprint density at radius 3 is 2.33 bits per heavy atom. The number of carbonyl (C=O) groups is 3. The second kappa shape index (κ2) is 15.0. The summed E-state index contributed by atoms with van der Waals surface area (Å²) in [4.78, 5) is 45.3. The number of rotatable bonds is 4. The van der Waals surface area contributed by atoms with E-state index in [1.165, 1.54) is 12.1 Å². The van der Waals surface area contributed by atoms with Gasteiger partial charge in [0.05, 0.1) is 23.5 Å². The number of allylic oxidation sites excluding steroid dienone is 2. The second-order valence-corrected chi connectivity index (χ2v) is 15.1. The molecule has 1 aliphatic carbocycles. The molecule has 2 saturated heterocycles. The molecule has 248 valence electrons. The van der Waals surface area contributed by atoms with Crippen LogP contribution >= 0.6 is 0 Å². The van der Waals surface area contributed by atoms with Gasteiger partial charge in [-0.3, -0.25) is 9.59 Å². The highest BCUT2D eigenvalue weighted by molar-refractivity contribution is 7.91. The van der Waals surface area contributed by atoms with Gasteiger partial charge in [0.1, 0.15) is 11.9 Å². The molecule has 0 bridgehead atoms. The van der Waals surface area contributed by atoms with Gasteiger partial charge in [-0.25, -0.2) is 17.6 Å². The molecule has 10 nitrogen and oxygen atoms in total. The molecule has 1 amide bonds. The third-order valence-electron chi connectivity index (χ3n) is 9.12. The van der Waals surface area contributed by atoms with Gasteiger partial charge in [-0.2, -0.15) is 0 Å². The normalized spacial score (nSPS) is 29.9. The lowest BCUT2D eigenvalue weighted by Crippen LogP contribution is -2.48. The Morgan fingerprint density at radius 2 is 1.67 bits per heavy atom. The molecule has 3 aliphatic rings. The van der Waals surface area contributed by atoms with Crippen molar-refractivity contribution in [3.8, 4) is 0 Å². The van der Waals surface area contributed by atoms with Gasteiger partial charge in [0.25, 0.3) is 0 Å². The van der Waals surface area contributed by atoms with E-state index in [4.69, 9.17) is 4.74 Å². The first-order valence-electron chi connectivity index (χ1n) is 15.7. The van der Waals surface area contributed by atoms with Crippen LogP contribution in [0.1, 0.15) is 45.6 Å². The number of nitrogens with zero attached hydrogens (tertiary/aromatic N) is 3. The Morgan fingerprint density at radius 1 is 1.00 bits per heavy atom. The van der Waals surface area contributed by atoms with E-state index in [0.29, 0.717) is 36.3 Å². The molecular formula is C33H46FN3O7S. The molecule has 0 radical (unpaired) electrons. The maximum atomic E-state index is 14.7. The number of carbonyl (C=O) groups excluding carboxylic acids is 3. The number of likely N-dealkylation sites (N-methyl/N-ethyl adjacent to an activating group) is 1. The van der Waals surface area contributed by atoms with E-state index >= 15 is 0 Å². The number of amides is 1. The highest BCUT2D eigenvalue weighted by Gasteiger charge is 2.33. The molecule has 5 atom stereocenters. The molecule has 1 aromatic rings. The Labute approximate surface area is 265 Å². The number of Topliss-reactive ketones (excluding diaryl/α,β-unsaturated/α-hetero) is 2. The lowest BCUT2D eigenvalue weighted by Gasteiger charge is -2.33. The number of halogens is 1. The van der Waals surface area contributed by atoms with Gasteiger partial charge in [-0.1, -0.05) is 31.6 Å². The summed E-state index contributed by atoms with van der Waals surface area (Å²) in [6.07, 6.45) is 3.70. The fraction of sp³-hybridized carbons (Fsp3) is 0.606. The molecule has 2 aliphatic heterocycles. The van der Waals surface area contributed by atoms with Crippen molar-refractivity contribution in [3.05, 3.63) is 47.3 Å². The number of benzene rings is 1. The number of hydrogen-bond donors (Lipinski definition) is 1. The van der Waals surface area contributed by atoms with Crippen molar-refractivity contribution in [3.63, 3.8) is 0 Å². The lowest BCUT2D eigenvalue weighted by molar-refractivity contribution is -0.140. The average molecular weight is 648 g/mol. The van der Waals surface area contributed by atoms with E-state index in [2.05, 4.69) is 4.90 Å². The summed E-state index contributed by atoms with van der Waals surface area (Å²) in [6.45, 7) is 8.61. The van der Waals surface area contributed by atoms with Crippen LogP contribution in [0, 0.1) is 23.6 Å². The zero-order chi connectivity index (χ0) is 32.9. The lowest BCUT2D eigenvalue weighted by atomic mass is 9.80. The fourth-order valence-corrected chi connectivity index (χ4v) is 7.38. The van der Waals surface area contributed by atoms with E-state index in [1.807, 2.05) is 18.9 Å². The molecule has 1 aromatic carbocycles. The van der Waals surface area contributed by atoms with E-state index in [9.17, 15) is 32.3 Å². The van der Waals surface area contributed by atoms with E-state index in [0.717, 1.165) is 13.1 Å². The summed E-state index contributed by atoms with van der Waals surface area (Å²) in [7, 11) is -1.11. The minimum Gasteiger partial charge on any atom is -0.442 e. The molecular weight excluding hydrogens is 601 g/mol. The predicted molar refractivity (Wildman–Crippen MR) is 171 cm³/mol. The molecule has 0 saturated carbocycles. The van der Waals surface area contributed by atoms with Crippen molar-refractivity contribution in [2.24, 2.45) is 17.8 Å². The largest absolute Gasteiger partial charge is 0.442 e. The van der Waals surface area contributed by atoms with Gasteiger partial charge in [0, 0.05) is 51.4 Å². The Bertz CT molecular complexity index is 1410. The quantitative estimate of drug-likeness (QED) is 0.387. The molecule has 4 rings (SSSR count). The Kier molecular flexibility index (Phi) is 11.6. The summed E-state index contributed by atoms with van der Waals surface area (Å²) in [5.41, 5.74) is 1.56. The highest BCUT2D eigenvalue weighted by Crippen LogP contribution is 2.30. The molecule has 2 fully saturated rings. The molecule has 2 heterocycles. The van der Waals surface area contributed by atoms with Crippen LogP contribution in [-0.2, 0) is 24.2 Å². The van der Waals surface area contributed by atoms with Crippen LogP contribution in [0.25, 0.3) is 6.08 Å². The number of piperazine rings is 1. The van der Waals surface area contributed by atoms with Crippen molar-refractivity contribution in [2.45, 2.75) is 52.2 Å². The van der Waals surface area contributed by atoms with Crippen LogP contribution in [0.15, 0.2) is 35.9 Å². The summed E-state index contributed by atoms with van der Waals surface area (Å²) < 4.78 is 44.5. The number of anilines is 1. The van der Waals surface area contributed by atoms with Crippen LogP contribution in [0.2, 0.25) is 0 Å². The highest BCUT2D eigenvalue weighted by atomic mass is 32.2. The molecule has 0 aromatic heterocycles. The number of aliphatic hydroxyl groups excluding tert-OH is 1. The minimum absolute atomic E-state index is 0.00754. The first-order chi connectivity index (χ1) is 21.2. The number of ketones is 2. The SMILES string of the molecule is C/C(=C\c1cc(F)cc(N2CCS(=O)(=O)CC2)c1)[C@H]1C(=O)C(=O)C[C@H](O)CC[C@H](C)[C@@H](OC(=O)N2CCN(C)CC2)/C=C/[C@@H]1C. The monoisotopic (exact) mass is 647 g/mol. The predicted octanol–water partition coefficient (Wildman–Crippen LogP) is 3.34. The third-order valence-corrected chi connectivity index (χ3v) is 10.7. The van der Waals surface area contributed by atoms with Gasteiger partial charge in [0.15, 0.2) is 9.84 Å². The number of hydrogen-bond acceptors (Lipinski definition) is 9. The van der Waals surface area contributed by atoms with Crippen LogP contribution < -0.4 is 4.90 Å². The third kappa shape index (κ3) is 9.46. The summed E-state index contributed by atoms with van der Waals surface area (Å²) in [5.74, 6) is -3.34. The Balaban J connectivity index is 1.60. The summed E-state index contributed by atoms with van der Waals surface area (Å²) in [5, 5.41) is 10.6. The van der Waals surface area contributed by atoms with E-state index in [-0.39, 0.29) is 43.4 Å². The van der Waals surface area contributed by atoms with Crippen LogP contribution in [0.5, 0.6) is 0 Å². The van der Waals surface area contributed by atoms with Gasteiger partial charge in [0.2, 0.25) is 11.6 Å². The first-order valence-corrected chi connectivity index (χ1v) is 17.6. The first kappa shape index (κ1) is 34.8. The van der Waals surface area contributed by atoms with Crippen molar-refractivity contribution >= 4 is 39.3 Å². The summed E-state index contributed by atoms with van der Waals surface area (Å²) in [6, 6.07) is 4.42. The Hall–Kier alpha value is -3.09. The van der Waals surface area contributed by atoms with E-state index < -0.39 is 57.4 Å². The molecule has 1 N–H and O–H groups in total. The molecule has 0 unspecified atom stereocenters. The van der Waals surface area contributed by atoms with Crippen LogP contribution in [0.4, 0.5) is 14.9 Å². The topological polar surface area (TPSA) is 125 Å². The zero-order valence-corrected chi connectivity index (χ0v) is 27.5. The summed E-state index contributed by atoms with van der Waals surface area (Å²) >= 11 is 0. The number of aliphatic hydroxyl groups is 1. The van der Waals surface area contributed by atoms with Gasteiger partial charge in [-0.15, -0.1) is 0 Å². The van der Waals surface area contributed by atoms with Gasteiger partial charge < -0.3 is 24.5 Å². The molecule has 45 heavy (non-hydrogen) atoms. The average Bonchev–Trinajstić information content (AvgIpc) is 2.97. The van der Waals surface area contributed by atoms with E-state index in [1.54, 1.807) is 43.0 Å². The van der Waals surface area contributed by atoms with Crippen LogP contribution in [0.3, 0.4) is 0 Å². The second-order valence-electron chi connectivity index (χ2n) is 12.8. The van der Waals surface area contributed by atoms with Crippen molar-refractivity contribution in [1.29, 1.82) is 0 Å². The van der Waals surface area contributed by atoms with Crippen molar-refractivity contribution in [2.75, 3.05) is 62.7 Å². The van der Waals surface area contributed by atoms with Gasteiger partial charge >= 0.3 is 6.09 Å². The smallest absolute Gasteiger partial charge is 0.410 e. The van der Waals surface area contributed by atoms with Crippen molar-refractivity contribution in [1.82, 2.24) is 9.80 Å². The van der Waals surface area contributed by atoms with Crippen molar-refractivity contribution < 1.29 is 37.0 Å². The fourth-order valence-electron chi connectivity index (χ4n) is 6.18. The maximum absolute atomic E-state index is 14.7. The maximum Gasteiger partial charge on any atom is 0.410 e. The van der Waals surface area contributed by atoms with Crippen LogP contribution in [-0.4, -0.2) is 111 Å².